The molecule has 0 aliphatic rings. The third-order valence-electron chi connectivity index (χ3n) is 4.66. The van der Waals surface area contributed by atoms with Crippen molar-refractivity contribution in [2.45, 2.75) is 38.1 Å². The average molecular weight is 399 g/mol. The van der Waals surface area contributed by atoms with Crippen LogP contribution in [0.4, 0.5) is 0 Å². The van der Waals surface area contributed by atoms with Crippen LogP contribution >= 0.6 is 23.1 Å². The lowest BCUT2D eigenvalue weighted by molar-refractivity contribution is 0.0697. The van der Waals surface area contributed by atoms with E-state index in [9.17, 15) is 9.90 Å². The zero-order chi connectivity index (χ0) is 19.1. The molecule has 0 amide bonds. The summed E-state index contributed by atoms with van der Waals surface area (Å²) in [6.07, 6.45) is 1.61. The Morgan fingerprint density at radius 2 is 2.11 bits per heavy atom. The Morgan fingerprint density at radius 3 is 2.85 bits per heavy atom. The molecule has 138 valence electrons. The van der Waals surface area contributed by atoms with E-state index in [1.54, 1.807) is 41.6 Å². The van der Waals surface area contributed by atoms with Crippen LogP contribution in [0.5, 0.6) is 0 Å². The lowest BCUT2D eigenvalue weighted by atomic mass is 10.2. The van der Waals surface area contributed by atoms with Crippen LogP contribution in [-0.2, 0) is 12.3 Å². The Labute approximate surface area is 164 Å². The minimum atomic E-state index is -0.939. The molecule has 0 saturated carbocycles. The normalized spacial score (nSPS) is 11.5. The van der Waals surface area contributed by atoms with Gasteiger partial charge in [0.25, 0.3) is 0 Å². The molecule has 27 heavy (non-hydrogen) atoms. The zero-order valence-electron chi connectivity index (χ0n) is 15.2. The summed E-state index contributed by atoms with van der Waals surface area (Å²) in [6.45, 7) is 7.05. The van der Waals surface area contributed by atoms with Gasteiger partial charge in [-0.2, -0.15) is 0 Å². The van der Waals surface area contributed by atoms with Crippen LogP contribution in [0.1, 0.15) is 33.5 Å². The molecule has 3 aromatic heterocycles. The van der Waals surface area contributed by atoms with Crippen LogP contribution in [0.15, 0.2) is 29.6 Å². The molecule has 0 aliphatic carbocycles. The molecule has 4 aromatic rings. The second-order valence-corrected chi connectivity index (χ2v) is 8.38. The van der Waals surface area contributed by atoms with E-state index in [4.69, 9.17) is 0 Å². The Kier molecular flexibility index (Phi) is 4.61. The topological polar surface area (TPSA) is 80.9 Å². The number of thioether (sulfide) groups is 1. The van der Waals surface area contributed by atoms with Crippen molar-refractivity contribution in [3.05, 3.63) is 46.4 Å². The van der Waals surface area contributed by atoms with Crippen molar-refractivity contribution in [3.8, 4) is 0 Å². The Bertz CT molecular complexity index is 1180. The molecule has 0 fully saturated rings. The molecule has 1 N–H and O–H groups in total. The van der Waals surface area contributed by atoms with E-state index in [1.165, 1.54) is 10.4 Å². The van der Waals surface area contributed by atoms with Crippen LogP contribution in [0.25, 0.3) is 21.3 Å². The number of benzene rings is 1. The number of hydrogen-bond donors (Lipinski definition) is 1. The number of aromatic nitrogens is 4. The fraction of sp³-hybridized carbons (Fsp3) is 0.263. The lowest BCUT2D eigenvalue weighted by Gasteiger charge is -2.06. The highest BCUT2D eigenvalue weighted by Gasteiger charge is 2.16. The Morgan fingerprint density at radius 1 is 1.30 bits per heavy atom. The molecule has 3 heterocycles. The number of rotatable bonds is 5. The minimum absolute atomic E-state index is 0.254. The average Bonchev–Trinajstić information content (AvgIpc) is 3.16. The first-order valence-corrected chi connectivity index (χ1v) is 10.4. The van der Waals surface area contributed by atoms with Gasteiger partial charge in [0.1, 0.15) is 22.0 Å². The van der Waals surface area contributed by atoms with Gasteiger partial charge in [-0.3, -0.25) is 0 Å². The highest BCUT2D eigenvalue weighted by molar-refractivity contribution is 7.98. The van der Waals surface area contributed by atoms with Gasteiger partial charge in [-0.15, -0.1) is 11.3 Å². The SMILES string of the molecule is CCn1c(CSc2ncnc3sc(C)c(C)c23)nc2cc(C(=O)O)ccc21. The van der Waals surface area contributed by atoms with Crippen molar-refractivity contribution in [2.75, 3.05) is 0 Å². The Balaban J connectivity index is 1.71. The van der Waals surface area contributed by atoms with Gasteiger partial charge in [0.2, 0.25) is 0 Å². The van der Waals surface area contributed by atoms with Gasteiger partial charge in [0, 0.05) is 16.8 Å². The summed E-state index contributed by atoms with van der Waals surface area (Å²) in [5, 5.41) is 11.3. The summed E-state index contributed by atoms with van der Waals surface area (Å²) in [5.74, 6) is 0.632. The predicted octanol–water partition coefficient (Wildman–Crippen LogP) is 4.67. The fourth-order valence-corrected chi connectivity index (χ4v) is 5.23. The van der Waals surface area contributed by atoms with E-state index in [1.807, 2.05) is 6.07 Å². The van der Waals surface area contributed by atoms with Gasteiger partial charge in [0.05, 0.1) is 22.3 Å². The monoisotopic (exact) mass is 398 g/mol. The number of carboxylic acid groups (broad SMARTS) is 1. The molecule has 0 saturated heterocycles. The predicted molar refractivity (Wildman–Crippen MR) is 109 cm³/mol. The highest BCUT2D eigenvalue weighted by atomic mass is 32.2. The van der Waals surface area contributed by atoms with Crippen molar-refractivity contribution in [2.24, 2.45) is 0 Å². The number of carboxylic acids is 1. The van der Waals surface area contributed by atoms with E-state index >= 15 is 0 Å². The van der Waals surface area contributed by atoms with E-state index in [0.29, 0.717) is 11.3 Å². The summed E-state index contributed by atoms with van der Waals surface area (Å²) >= 11 is 3.33. The summed E-state index contributed by atoms with van der Waals surface area (Å²) in [5.41, 5.74) is 3.15. The highest BCUT2D eigenvalue weighted by Crippen LogP contribution is 2.35. The van der Waals surface area contributed by atoms with Crippen LogP contribution in [-0.4, -0.2) is 30.6 Å². The van der Waals surface area contributed by atoms with E-state index in [-0.39, 0.29) is 5.56 Å². The molecule has 0 unspecified atom stereocenters. The third-order valence-corrected chi connectivity index (χ3v) is 6.76. The lowest BCUT2D eigenvalue weighted by Crippen LogP contribution is -2.01. The number of imidazole rings is 1. The van der Waals surface area contributed by atoms with Crippen molar-refractivity contribution >= 4 is 50.3 Å². The molecule has 0 aliphatic heterocycles. The first kappa shape index (κ1) is 17.9. The molecule has 6 nitrogen and oxygen atoms in total. The van der Waals surface area contributed by atoms with Crippen molar-refractivity contribution in [1.82, 2.24) is 19.5 Å². The minimum Gasteiger partial charge on any atom is -0.478 e. The van der Waals surface area contributed by atoms with Crippen LogP contribution in [0.3, 0.4) is 0 Å². The number of fused-ring (bicyclic) bond motifs is 2. The zero-order valence-corrected chi connectivity index (χ0v) is 16.8. The summed E-state index contributed by atoms with van der Waals surface area (Å²) in [7, 11) is 0. The molecular weight excluding hydrogens is 380 g/mol. The molecule has 4 rings (SSSR count). The van der Waals surface area contributed by atoms with Crippen molar-refractivity contribution < 1.29 is 9.90 Å². The fourth-order valence-electron chi connectivity index (χ4n) is 3.17. The Hall–Kier alpha value is -2.45. The van der Waals surface area contributed by atoms with E-state index in [2.05, 4.69) is 40.3 Å². The number of thiophene rings is 1. The van der Waals surface area contributed by atoms with E-state index in [0.717, 1.165) is 33.1 Å². The standard InChI is InChI=1S/C19H18N4O2S2/c1-4-23-14-6-5-12(19(24)25)7-13(14)22-15(23)8-26-17-16-10(2)11(3)27-18(16)21-9-20-17/h5-7,9H,4,8H2,1-3H3,(H,24,25). The molecule has 0 atom stereocenters. The van der Waals surface area contributed by atoms with E-state index < -0.39 is 5.97 Å². The van der Waals surface area contributed by atoms with Crippen molar-refractivity contribution in [1.29, 1.82) is 0 Å². The maximum atomic E-state index is 11.2. The smallest absolute Gasteiger partial charge is 0.335 e. The second kappa shape index (κ2) is 6.94. The van der Waals surface area contributed by atoms with Gasteiger partial charge in [-0.05, 0) is 44.5 Å². The van der Waals surface area contributed by atoms with Gasteiger partial charge >= 0.3 is 5.97 Å². The molecule has 0 bridgehead atoms. The third kappa shape index (κ3) is 3.08. The molecule has 0 spiro atoms. The van der Waals surface area contributed by atoms with Gasteiger partial charge in [-0.1, -0.05) is 11.8 Å². The van der Waals surface area contributed by atoms with Gasteiger partial charge in [-0.25, -0.2) is 19.7 Å². The van der Waals surface area contributed by atoms with Crippen LogP contribution in [0.2, 0.25) is 0 Å². The first-order chi connectivity index (χ1) is 13.0. The summed E-state index contributed by atoms with van der Waals surface area (Å²) in [4.78, 5) is 27.1. The largest absolute Gasteiger partial charge is 0.478 e. The van der Waals surface area contributed by atoms with Crippen LogP contribution < -0.4 is 0 Å². The van der Waals surface area contributed by atoms with Gasteiger partial charge in [0.15, 0.2) is 0 Å². The number of carbonyl (C=O) groups is 1. The second-order valence-electron chi connectivity index (χ2n) is 6.21. The quantitative estimate of drug-likeness (QED) is 0.389. The molecule has 8 heteroatoms. The first-order valence-electron chi connectivity index (χ1n) is 8.55. The summed E-state index contributed by atoms with van der Waals surface area (Å²) in [6, 6.07) is 5.09. The molecular formula is C19H18N4O2S2. The number of aromatic carboxylic acids is 1. The number of nitrogens with zero attached hydrogens (tertiary/aromatic N) is 4. The van der Waals surface area contributed by atoms with Gasteiger partial charge < -0.3 is 9.67 Å². The van der Waals surface area contributed by atoms with Crippen molar-refractivity contribution in [3.63, 3.8) is 0 Å². The number of aryl methyl sites for hydroxylation is 3. The van der Waals surface area contributed by atoms with Crippen LogP contribution in [0, 0.1) is 13.8 Å². The maximum absolute atomic E-state index is 11.2. The molecule has 0 radical (unpaired) electrons. The summed E-state index contributed by atoms with van der Waals surface area (Å²) < 4.78 is 2.12. The maximum Gasteiger partial charge on any atom is 0.335 e. The number of hydrogen-bond acceptors (Lipinski definition) is 6. The molecule has 1 aromatic carbocycles.